The van der Waals surface area contributed by atoms with Crippen molar-refractivity contribution in [3.63, 3.8) is 0 Å². The number of benzene rings is 1. The number of methoxy groups -OCH3 is 1. The van der Waals surface area contributed by atoms with Gasteiger partial charge in [0.25, 0.3) is 5.91 Å². The first kappa shape index (κ1) is 14.6. The predicted molar refractivity (Wildman–Crippen MR) is 66.2 cm³/mol. The fourth-order valence-electron chi connectivity index (χ4n) is 1.39. The minimum absolute atomic E-state index is 0.0619. The largest absolute Gasteiger partial charge is 0.382 e. The highest BCUT2D eigenvalue weighted by molar-refractivity contribution is 5.94. The highest BCUT2D eigenvalue weighted by atomic mass is 19.1. The molecule has 0 atom stereocenters. The van der Waals surface area contributed by atoms with Gasteiger partial charge in [-0.2, -0.15) is 0 Å². The molecule has 1 aromatic rings. The minimum atomic E-state index is -0.515. The summed E-state index contributed by atoms with van der Waals surface area (Å²) in [6, 6.07) is 4.44. The summed E-state index contributed by atoms with van der Waals surface area (Å²) >= 11 is 0. The van der Waals surface area contributed by atoms with E-state index in [1.54, 1.807) is 13.2 Å². The van der Waals surface area contributed by atoms with Crippen molar-refractivity contribution < 1.29 is 18.7 Å². The number of carbonyl (C=O) groups excluding carboxylic acids is 1. The van der Waals surface area contributed by atoms with Gasteiger partial charge in [0.2, 0.25) is 0 Å². The fraction of sp³-hybridized carbons (Fsp3) is 0.462. The van der Waals surface area contributed by atoms with E-state index in [-0.39, 0.29) is 5.56 Å². The van der Waals surface area contributed by atoms with E-state index in [4.69, 9.17) is 9.47 Å². The molecule has 18 heavy (non-hydrogen) atoms. The van der Waals surface area contributed by atoms with Crippen LogP contribution in [0.5, 0.6) is 0 Å². The zero-order chi connectivity index (χ0) is 13.4. The Hall–Kier alpha value is -1.46. The molecule has 0 aromatic heterocycles. The molecule has 0 saturated carbocycles. The van der Waals surface area contributed by atoms with Crippen molar-refractivity contribution in [2.24, 2.45) is 0 Å². The highest BCUT2D eigenvalue weighted by Crippen LogP contribution is 2.09. The van der Waals surface area contributed by atoms with Gasteiger partial charge in [-0.15, -0.1) is 0 Å². The maximum atomic E-state index is 13.4. The van der Waals surface area contributed by atoms with E-state index in [2.05, 4.69) is 5.32 Å². The second-order valence-corrected chi connectivity index (χ2v) is 3.84. The number of carbonyl (C=O) groups is 1. The minimum Gasteiger partial charge on any atom is -0.382 e. The Labute approximate surface area is 106 Å². The number of nitrogens with one attached hydrogen (secondary N) is 1. The molecule has 5 heteroatoms. The fourth-order valence-corrected chi connectivity index (χ4v) is 1.39. The summed E-state index contributed by atoms with van der Waals surface area (Å²) in [7, 11) is 1.59. The van der Waals surface area contributed by atoms with E-state index in [0.717, 1.165) is 5.56 Å². The topological polar surface area (TPSA) is 47.6 Å². The third kappa shape index (κ3) is 4.81. The third-order valence-corrected chi connectivity index (χ3v) is 2.33. The number of rotatable bonds is 7. The molecule has 0 bridgehead atoms. The van der Waals surface area contributed by atoms with Gasteiger partial charge in [0.15, 0.2) is 0 Å². The summed E-state index contributed by atoms with van der Waals surface area (Å²) in [5, 5.41) is 2.60. The van der Waals surface area contributed by atoms with E-state index in [0.29, 0.717) is 26.4 Å². The van der Waals surface area contributed by atoms with Crippen LogP contribution in [0.4, 0.5) is 4.39 Å². The number of hydrogen-bond acceptors (Lipinski definition) is 3. The lowest BCUT2D eigenvalue weighted by molar-refractivity contribution is 0.0692. The van der Waals surface area contributed by atoms with Gasteiger partial charge in [-0.3, -0.25) is 4.79 Å². The molecule has 0 saturated heterocycles. The van der Waals surface area contributed by atoms with Crippen LogP contribution in [0.1, 0.15) is 15.9 Å². The van der Waals surface area contributed by atoms with E-state index in [1.165, 1.54) is 12.1 Å². The maximum absolute atomic E-state index is 13.4. The number of aryl methyl sites for hydroxylation is 1. The predicted octanol–water partition coefficient (Wildman–Crippen LogP) is 1.53. The molecule has 0 aliphatic heterocycles. The molecule has 4 nitrogen and oxygen atoms in total. The third-order valence-electron chi connectivity index (χ3n) is 2.33. The van der Waals surface area contributed by atoms with E-state index >= 15 is 0 Å². The van der Waals surface area contributed by atoms with Crippen LogP contribution in [-0.2, 0) is 9.47 Å². The van der Waals surface area contributed by atoms with Crippen LogP contribution >= 0.6 is 0 Å². The van der Waals surface area contributed by atoms with E-state index in [9.17, 15) is 9.18 Å². The number of hydrogen-bond donors (Lipinski definition) is 1. The van der Waals surface area contributed by atoms with Gasteiger partial charge in [-0.1, -0.05) is 11.6 Å². The summed E-state index contributed by atoms with van der Waals surface area (Å²) in [4.78, 5) is 11.7. The van der Waals surface area contributed by atoms with Crippen LogP contribution < -0.4 is 5.32 Å². The Morgan fingerprint density at radius 3 is 2.83 bits per heavy atom. The molecule has 1 rings (SSSR count). The lowest BCUT2D eigenvalue weighted by atomic mass is 10.1. The normalized spacial score (nSPS) is 10.4. The van der Waals surface area contributed by atoms with Crippen molar-refractivity contribution in [1.29, 1.82) is 0 Å². The molecule has 100 valence electrons. The van der Waals surface area contributed by atoms with Crippen molar-refractivity contribution in [1.82, 2.24) is 5.32 Å². The van der Waals surface area contributed by atoms with Crippen LogP contribution in [0.3, 0.4) is 0 Å². The second-order valence-electron chi connectivity index (χ2n) is 3.84. The Balaban J connectivity index is 2.34. The smallest absolute Gasteiger partial charge is 0.254 e. The van der Waals surface area contributed by atoms with Gasteiger partial charge in [-0.25, -0.2) is 4.39 Å². The molecule has 1 amide bonds. The molecule has 0 heterocycles. The zero-order valence-electron chi connectivity index (χ0n) is 10.7. The molecular weight excluding hydrogens is 237 g/mol. The van der Waals surface area contributed by atoms with Gasteiger partial charge in [0.1, 0.15) is 5.82 Å². The summed E-state index contributed by atoms with van der Waals surface area (Å²) in [5.74, 6) is -0.940. The van der Waals surface area contributed by atoms with E-state index in [1.807, 2.05) is 6.92 Å². The van der Waals surface area contributed by atoms with Crippen molar-refractivity contribution in [2.45, 2.75) is 6.92 Å². The summed E-state index contributed by atoms with van der Waals surface area (Å²) in [5.41, 5.74) is 0.907. The molecule has 0 fully saturated rings. The zero-order valence-corrected chi connectivity index (χ0v) is 10.7. The monoisotopic (exact) mass is 255 g/mol. The molecule has 1 N–H and O–H groups in total. The number of amides is 1. The lowest BCUT2D eigenvalue weighted by Crippen LogP contribution is -2.28. The van der Waals surface area contributed by atoms with Gasteiger partial charge < -0.3 is 14.8 Å². The second kappa shape index (κ2) is 7.79. The Morgan fingerprint density at radius 1 is 1.33 bits per heavy atom. The maximum Gasteiger partial charge on any atom is 0.254 e. The number of ether oxygens (including phenoxy) is 2. The van der Waals surface area contributed by atoms with Gasteiger partial charge in [0.05, 0.1) is 25.4 Å². The standard InChI is InChI=1S/C13H18FNO3/c1-10-3-4-12(14)11(9-10)13(16)15-5-6-18-8-7-17-2/h3-4,9H,5-8H2,1-2H3,(H,15,16). The Morgan fingerprint density at radius 2 is 2.11 bits per heavy atom. The molecule has 0 spiro atoms. The number of halogens is 1. The SMILES string of the molecule is COCCOCCNC(=O)c1cc(C)ccc1F. The van der Waals surface area contributed by atoms with Crippen LogP contribution in [0.2, 0.25) is 0 Å². The Bertz CT molecular complexity index is 396. The van der Waals surface area contributed by atoms with Crippen molar-refractivity contribution in [3.8, 4) is 0 Å². The average molecular weight is 255 g/mol. The average Bonchev–Trinajstić information content (AvgIpc) is 2.36. The molecular formula is C13H18FNO3. The highest BCUT2D eigenvalue weighted by Gasteiger charge is 2.10. The summed E-state index contributed by atoms with van der Waals surface area (Å²) < 4.78 is 23.4. The molecule has 0 unspecified atom stereocenters. The summed E-state index contributed by atoms with van der Waals surface area (Å²) in [6.45, 7) is 3.52. The van der Waals surface area contributed by atoms with E-state index < -0.39 is 11.7 Å². The van der Waals surface area contributed by atoms with Crippen molar-refractivity contribution >= 4 is 5.91 Å². The van der Waals surface area contributed by atoms with Gasteiger partial charge >= 0.3 is 0 Å². The molecule has 0 aliphatic carbocycles. The van der Waals surface area contributed by atoms with Crippen molar-refractivity contribution in [3.05, 3.63) is 35.1 Å². The van der Waals surface area contributed by atoms with Crippen LogP contribution in [-0.4, -0.2) is 39.4 Å². The first-order valence-corrected chi connectivity index (χ1v) is 5.76. The van der Waals surface area contributed by atoms with Crippen molar-refractivity contribution in [2.75, 3.05) is 33.5 Å². The lowest BCUT2D eigenvalue weighted by Gasteiger charge is -2.07. The summed E-state index contributed by atoms with van der Waals surface area (Å²) in [6.07, 6.45) is 0. The van der Waals surface area contributed by atoms with Gasteiger partial charge in [0, 0.05) is 13.7 Å². The first-order valence-electron chi connectivity index (χ1n) is 5.76. The molecule has 0 aliphatic rings. The molecule has 1 aromatic carbocycles. The van der Waals surface area contributed by atoms with Gasteiger partial charge in [-0.05, 0) is 19.1 Å². The van der Waals surface area contributed by atoms with Crippen LogP contribution in [0, 0.1) is 12.7 Å². The van der Waals surface area contributed by atoms with Crippen LogP contribution in [0.15, 0.2) is 18.2 Å². The molecule has 0 radical (unpaired) electrons. The Kier molecular flexibility index (Phi) is 6.32. The van der Waals surface area contributed by atoms with Crippen LogP contribution in [0.25, 0.3) is 0 Å². The first-order chi connectivity index (χ1) is 8.65. The quantitative estimate of drug-likeness (QED) is 0.752.